The van der Waals surface area contributed by atoms with Gasteiger partial charge in [-0.15, -0.1) is 5.10 Å². The molecule has 0 saturated heterocycles. The van der Waals surface area contributed by atoms with Gasteiger partial charge in [-0.25, -0.2) is 9.78 Å². The summed E-state index contributed by atoms with van der Waals surface area (Å²) < 4.78 is 10.4. The Bertz CT molecular complexity index is 948. The van der Waals surface area contributed by atoms with E-state index in [2.05, 4.69) is 21.2 Å². The fourth-order valence-corrected chi connectivity index (χ4v) is 3.91. The Labute approximate surface area is 142 Å². The second-order valence-electron chi connectivity index (χ2n) is 5.85. The molecule has 0 radical (unpaired) electrons. The van der Waals surface area contributed by atoms with Crippen molar-refractivity contribution < 1.29 is 9.15 Å². The number of hydrogen-bond donors (Lipinski definition) is 1. The summed E-state index contributed by atoms with van der Waals surface area (Å²) in [6, 6.07) is 5.76. The third kappa shape index (κ3) is 2.97. The normalized spacial score (nSPS) is 13.5. The highest BCUT2D eigenvalue weighted by atomic mass is 32.2. The molecule has 6 nitrogen and oxygen atoms in total. The summed E-state index contributed by atoms with van der Waals surface area (Å²) in [7, 11) is 1.61. The first kappa shape index (κ1) is 15.4. The third-order valence-electron chi connectivity index (χ3n) is 4.19. The van der Waals surface area contributed by atoms with Crippen molar-refractivity contribution in [2.24, 2.45) is 0 Å². The zero-order valence-electron chi connectivity index (χ0n) is 13.3. The zero-order valence-corrected chi connectivity index (χ0v) is 14.1. The van der Waals surface area contributed by atoms with Crippen molar-refractivity contribution in [3.8, 4) is 0 Å². The molecule has 0 atom stereocenters. The number of H-pyrrole nitrogens is 1. The van der Waals surface area contributed by atoms with Crippen molar-refractivity contribution in [3.05, 3.63) is 51.1 Å². The number of thioether (sulfide) groups is 1. The SMILES string of the molecule is COCc1nc(SCc2cc(=O)oc3cc4c(cc23)CCC4)n[nH]1. The van der Waals surface area contributed by atoms with Crippen LogP contribution in [0.3, 0.4) is 0 Å². The van der Waals surface area contributed by atoms with Gasteiger partial charge in [-0.3, -0.25) is 5.10 Å². The van der Waals surface area contributed by atoms with Gasteiger partial charge >= 0.3 is 5.63 Å². The van der Waals surface area contributed by atoms with E-state index in [0.29, 0.717) is 28.9 Å². The largest absolute Gasteiger partial charge is 0.423 e. The van der Waals surface area contributed by atoms with E-state index in [0.717, 1.165) is 23.8 Å². The van der Waals surface area contributed by atoms with Crippen LogP contribution >= 0.6 is 11.8 Å². The first-order valence-electron chi connectivity index (χ1n) is 7.84. The van der Waals surface area contributed by atoms with Crippen LogP contribution in [0.25, 0.3) is 11.0 Å². The molecule has 4 rings (SSSR count). The number of aryl methyl sites for hydroxylation is 2. The van der Waals surface area contributed by atoms with Crippen LogP contribution in [0.1, 0.15) is 28.9 Å². The quantitative estimate of drug-likeness (QED) is 0.567. The lowest BCUT2D eigenvalue weighted by atomic mass is 10.0. The lowest BCUT2D eigenvalue weighted by Gasteiger charge is -2.07. The fourth-order valence-electron chi connectivity index (χ4n) is 3.10. The van der Waals surface area contributed by atoms with Crippen LogP contribution in [-0.4, -0.2) is 22.3 Å². The molecule has 0 fully saturated rings. The Morgan fingerprint density at radius 3 is 2.96 bits per heavy atom. The van der Waals surface area contributed by atoms with E-state index in [4.69, 9.17) is 9.15 Å². The van der Waals surface area contributed by atoms with Crippen molar-refractivity contribution in [1.82, 2.24) is 15.2 Å². The Balaban J connectivity index is 1.64. The van der Waals surface area contributed by atoms with Gasteiger partial charge in [0, 0.05) is 24.3 Å². The van der Waals surface area contributed by atoms with Gasteiger partial charge in [0.15, 0.2) is 5.82 Å². The average Bonchev–Trinajstić information content (AvgIpc) is 3.19. The minimum Gasteiger partial charge on any atom is -0.423 e. The molecule has 7 heteroatoms. The number of fused-ring (bicyclic) bond motifs is 2. The summed E-state index contributed by atoms with van der Waals surface area (Å²) in [5, 5.41) is 8.65. The highest BCUT2D eigenvalue weighted by molar-refractivity contribution is 7.98. The molecule has 124 valence electrons. The summed E-state index contributed by atoms with van der Waals surface area (Å²) >= 11 is 1.49. The van der Waals surface area contributed by atoms with Crippen LogP contribution in [0.15, 0.2) is 32.6 Å². The second-order valence-corrected chi connectivity index (χ2v) is 6.79. The van der Waals surface area contributed by atoms with Crippen molar-refractivity contribution in [1.29, 1.82) is 0 Å². The van der Waals surface area contributed by atoms with E-state index < -0.39 is 0 Å². The van der Waals surface area contributed by atoms with Crippen LogP contribution in [-0.2, 0) is 29.9 Å². The van der Waals surface area contributed by atoms with E-state index >= 15 is 0 Å². The Kier molecular flexibility index (Phi) is 4.12. The van der Waals surface area contributed by atoms with Crippen LogP contribution in [0.4, 0.5) is 0 Å². The van der Waals surface area contributed by atoms with Crippen molar-refractivity contribution >= 4 is 22.7 Å². The van der Waals surface area contributed by atoms with Gasteiger partial charge in [0.05, 0.1) is 0 Å². The second kappa shape index (κ2) is 6.41. The zero-order chi connectivity index (χ0) is 16.5. The van der Waals surface area contributed by atoms with E-state index in [1.807, 2.05) is 6.07 Å². The monoisotopic (exact) mass is 343 g/mol. The molecule has 3 aromatic rings. The Morgan fingerprint density at radius 1 is 1.29 bits per heavy atom. The number of methoxy groups -OCH3 is 1. The molecule has 0 unspecified atom stereocenters. The maximum atomic E-state index is 11.9. The molecular weight excluding hydrogens is 326 g/mol. The minimum absolute atomic E-state index is 0.314. The molecule has 2 aromatic heterocycles. The molecule has 0 amide bonds. The number of nitrogens with one attached hydrogen (secondary N) is 1. The number of aromatic nitrogens is 3. The van der Waals surface area contributed by atoms with Crippen LogP contribution in [0.2, 0.25) is 0 Å². The minimum atomic E-state index is -0.314. The first-order chi connectivity index (χ1) is 11.7. The smallest absolute Gasteiger partial charge is 0.336 e. The lowest BCUT2D eigenvalue weighted by molar-refractivity contribution is 0.178. The number of hydrogen-bond acceptors (Lipinski definition) is 6. The predicted octanol–water partition coefficient (Wildman–Crippen LogP) is 2.84. The van der Waals surface area contributed by atoms with Crippen molar-refractivity contribution in [2.45, 2.75) is 36.8 Å². The molecule has 0 spiro atoms. The van der Waals surface area contributed by atoms with Gasteiger partial charge in [0.25, 0.3) is 0 Å². The number of rotatable bonds is 5. The van der Waals surface area contributed by atoms with E-state index in [-0.39, 0.29) is 5.63 Å². The lowest BCUT2D eigenvalue weighted by Crippen LogP contribution is -2.01. The maximum absolute atomic E-state index is 11.9. The van der Waals surface area contributed by atoms with E-state index in [9.17, 15) is 4.79 Å². The highest BCUT2D eigenvalue weighted by Crippen LogP contribution is 2.30. The number of nitrogens with zero attached hydrogens (tertiary/aromatic N) is 2. The number of aromatic amines is 1. The van der Waals surface area contributed by atoms with Gasteiger partial charge in [0.1, 0.15) is 12.2 Å². The highest BCUT2D eigenvalue weighted by Gasteiger charge is 2.15. The van der Waals surface area contributed by atoms with Crippen molar-refractivity contribution in [3.63, 3.8) is 0 Å². The summed E-state index contributed by atoms with van der Waals surface area (Å²) in [4.78, 5) is 16.2. The van der Waals surface area contributed by atoms with Gasteiger partial charge in [0.2, 0.25) is 5.16 Å². The molecule has 1 N–H and O–H groups in total. The molecule has 1 aromatic carbocycles. The number of benzene rings is 1. The summed E-state index contributed by atoms with van der Waals surface area (Å²) in [5.74, 6) is 1.31. The Morgan fingerprint density at radius 2 is 2.12 bits per heavy atom. The van der Waals surface area contributed by atoms with E-state index in [1.54, 1.807) is 13.2 Å². The van der Waals surface area contributed by atoms with Gasteiger partial charge in [-0.2, -0.15) is 0 Å². The standard InChI is InChI=1S/C17H17N3O3S/c1-22-8-15-18-17(20-19-15)24-9-12-7-16(21)23-14-6-11-4-2-3-10(11)5-13(12)14/h5-7H,2-4,8-9H2,1H3,(H,18,19,20). The van der Waals surface area contributed by atoms with E-state index in [1.165, 1.54) is 29.3 Å². The first-order valence-corrected chi connectivity index (χ1v) is 8.83. The van der Waals surface area contributed by atoms with Gasteiger partial charge in [-0.05, 0) is 48.1 Å². The van der Waals surface area contributed by atoms with Crippen molar-refractivity contribution in [2.75, 3.05) is 7.11 Å². The topological polar surface area (TPSA) is 81.0 Å². The van der Waals surface area contributed by atoms with Crippen LogP contribution in [0.5, 0.6) is 0 Å². The molecule has 24 heavy (non-hydrogen) atoms. The molecule has 0 aliphatic heterocycles. The summed E-state index contributed by atoms with van der Waals surface area (Å²) in [6.45, 7) is 0.400. The molecule has 0 saturated carbocycles. The molecule has 1 aliphatic carbocycles. The average molecular weight is 343 g/mol. The van der Waals surface area contributed by atoms with Gasteiger partial charge < -0.3 is 9.15 Å². The molecule has 1 aliphatic rings. The maximum Gasteiger partial charge on any atom is 0.336 e. The summed E-state index contributed by atoms with van der Waals surface area (Å²) in [6.07, 6.45) is 3.32. The predicted molar refractivity (Wildman–Crippen MR) is 91.2 cm³/mol. The van der Waals surface area contributed by atoms with Crippen LogP contribution < -0.4 is 5.63 Å². The van der Waals surface area contributed by atoms with Crippen LogP contribution in [0, 0.1) is 0 Å². The molecule has 2 heterocycles. The third-order valence-corrected chi connectivity index (χ3v) is 5.09. The summed E-state index contributed by atoms with van der Waals surface area (Å²) in [5.41, 5.74) is 3.98. The number of ether oxygens (including phenoxy) is 1. The van der Waals surface area contributed by atoms with Gasteiger partial charge in [-0.1, -0.05) is 11.8 Å². The Hall–Kier alpha value is -2.12. The molecular formula is C17H17N3O3S. The molecule has 0 bridgehead atoms. The fraction of sp³-hybridized carbons (Fsp3) is 0.353.